The zero-order valence-electron chi connectivity index (χ0n) is 13.5. The maximum Gasteiger partial charge on any atom is 0.337 e. The van der Waals surface area contributed by atoms with Crippen LogP contribution in [0.3, 0.4) is 0 Å². The summed E-state index contributed by atoms with van der Waals surface area (Å²) < 4.78 is 5.04. The fourth-order valence-corrected chi connectivity index (χ4v) is 3.05. The number of benzene rings is 1. The zero-order chi connectivity index (χ0) is 17.4. The van der Waals surface area contributed by atoms with E-state index in [4.69, 9.17) is 9.25 Å². The first-order valence-electron chi connectivity index (χ1n) is 8.05. The van der Waals surface area contributed by atoms with Crippen LogP contribution >= 0.6 is 0 Å². The van der Waals surface area contributed by atoms with Gasteiger partial charge in [-0.3, -0.25) is 9.78 Å². The molecule has 7 nitrogen and oxygen atoms in total. The van der Waals surface area contributed by atoms with Gasteiger partial charge in [0.25, 0.3) is 5.56 Å². The van der Waals surface area contributed by atoms with Crippen LogP contribution < -0.4 is 16.0 Å². The zero-order valence-corrected chi connectivity index (χ0v) is 13.5. The highest BCUT2D eigenvalue weighted by Gasteiger charge is 2.18. The Morgan fingerprint density at radius 3 is 2.96 bits per heavy atom. The van der Waals surface area contributed by atoms with Crippen molar-refractivity contribution in [3.63, 3.8) is 0 Å². The summed E-state index contributed by atoms with van der Waals surface area (Å²) in [5.74, 6) is 0. The van der Waals surface area contributed by atoms with E-state index in [0.29, 0.717) is 12.0 Å². The lowest BCUT2D eigenvalue weighted by atomic mass is 10.1. The molecule has 0 amide bonds. The van der Waals surface area contributed by atoms with E-state index >= 15 is 0 Å². The molecular formula is C18H15N3O4. The van der Waals surface area contributed by atoms with Crippen molar-refractivity contribution in [2.75, 3.05) is 0 Å². The van der Waals surface area contributed by atoms with Crippen molar-refractivity contribution in [2.45, 2.75) is 26.2 Å². The van der Waals surface area contributed by atoms with E-state index in [-0.39, 0.29) is 17.1 Å². The molecule has 2 aromatic heterocycles. The molecule has 0 atom stereocenters. The molecule has 0 radical (unpaired) electrons. The van der Waals surface area contributed by atoms with Gasteiger partial charge in [-0.05, 0) is 30.4 Å². The molecule has 0 spiro atoms. The number of nitrogens with zero attached hydrogens (tertiary/aromatic N) is 2. The van der Waals surface area contributed by atoms with Crippen LogP contribution in [0.1, 0.15) is 30.0 Å². The number of hydrogen-bond donors (Lipinski definition) is 1. The maximum atomic E-state index is 12.3. The number of aromatic amines is 1. The standard InChI is InChI=1S/C18H15N3O4/c1-2-10-9-14(22)24-17-15(10)16(23)19-18(20-17)25-21-13-8-7-11-5-3-4-6-12(11)13/h3-6,9H,2,7-8H2,1H3,(H,19,20,23). The minimum absolute atomic E-state index is 0.0462. The third kappa shape index (κ3) is 2.73. The van der Waals surface area contributed by atoms with Gasteiger partial charge in [0.1, 0.15) is 5.39 Å². The Balaban J connectivity index is 1.73. The van der Waals surface area contributed by atoms with Gasteiger partial charge in [0, 0.05) is 11.6 Å². The third-order valence-corrected chi connectivity index (χ3v) is 4.26. The number of H-pyrrole nitrogens is 1. The quantitative estimate of drug-likeness (QED) is 0.739. The van der Waals surface area contributed by atoms with Crippen LogP contribution in [0.15, 0.2) is 49.5 Å². The average Bonchev–Trinajstić information content (AvgIpc) is 3.02. The van der Waals surface area contributed by atoms with Crippen molar-refractivity contribution in [1.82, 2.24) is 9.97 Å². The molecule has 0 unspecified atom stereocenters. The highest BCUT2D eigenvalue weighted by Crippen LogP contribution is 2.22. The lowest BCUT2D eigenvalue weighted by Crippen LogP contribution is -2.14. The van der Waals surface area contributed by atoms with Crippen molar-refractivity contribution < 1.29 is 9.25 Å². The summed E-state index contributed by atoms with van der Waals surface area (Å²) >= 11 is 0. The monoisotopic (exact) mass is 337 g/mol. The lowest BCUT2D eigenvalue weighted by Gasteiger charge is -2.03. The largest absolute Gasteiger partial charge is 0.403 e. The SMILES string of the molecule is CCc1cc(=O)oc2nc(ON=C3CCc4ccccc43)[nH]c(=O)c12. The van der Waals surface area contributed by atoms with Crippen LogP contribution in [0, 0.1) is 0 Å². The molecule has 2 heterocycles. The van der Waals surface area contributed by atoms with Crippen molar-refractivity contribution in [1.29, 1.82) is 0 Å². The van der Waals surface area contributed by atoms with Crippen molar-refractivity contribution in [2.24, 2.45) is 5.16 Å². The van der Waals surface area contributed by atoms with E-state index < -0.39 is 11.2 Å². The van der Waals surface area contributed by atoms with E-state index in [1.807, 2.05) is 25.1 Å². The topological polar surface area (TPSA) is 97.5 Å². The van der Waals surface area contributed by atoms with E-state index in [1.165, 1.54) is 11.6 Å². The highest BCUT2D eigenvalue weighted by molar-refractivity contribution is 6.04. The first kappa shape index (κ1) is 15.3. The minimum Gasteiger partial charge on any atom is -0.403 e. The molecule has 1 N–H and O–H groups in total. The summed E-state index contributed by atoms with van der Waals surface area (Å²) in [6, 6.07) is 9.15. The van der Waals surface area contributed by atoms with Crippen LogP contribution in [0.25, 0.3) is 11.1 Å². The second-order valence-corrected chi connectivity index (χ2v) is 5.78. The Morgan fingerprint density at radius 2 is 2.12 bits per heavy atom. The number of aromatic nitrogens is 2. The van der Waals surface area contributed by atoms with Crippen LogP contribution in [0.4, 0.5) is 0 Å². The molecule has 0 saturated heterocycles. The van der Waals surface area contributed by atoms with Crippen LogP contribution in [-0.4, -0.2) is 15.7 Å². The molecule has 1 aliphatic rings. The van der Waals surface area contributed by atoms with E-state index in [0.717, 1.165) is 24.1 Å². The molecule has 0 saturated carbocycles. The number of oxime groups is 1. The molecule has 25 heavy (non-hydrogen) atoms. The van der Waals surface area contributed by atoms with Gasteiger partial charge in [0.2, 0.25) is 5.71 Å². The molecule has 7 heteroatoms. The number of rotatable bonds is 3. The van der Waals surface area contributed by atoms with Crippen LogP contribution in [0.2, 0.25) is 0 Å². The maximum absolute atomic E-state index is 12.3. The highest BCUT2D eigenvalue weighted by atomic mass is 16.6. The molecule has 126 valence electrons. The van der Waals surface area contributed by atoms with Gasteiger partial charge in [-0.1, -0.05) is 36.3 Å². The lowest BCUT2D eigenvalue weighted by molar-refractivity contribution is 0.310. The second-order valence-electron chi connectivity index (χ2n) is 5.78. The second kappa shape index (κ2) is 6.01. The number of hydrogen-bond acceptors (Lipinski definition) is 6. The Hall–Kier alpha value is -3.22. The predicted octanol–water partition coefficient (Wildman–Crippen LogP) is 2.17. The summed E-state index contributed by atoms with van der Waals surface area (Å²) in [5.41, 5.74) is 2.60. The average molecular weight is 337 g/mol. The van der Waals surface area contributed by atoms with Crippen molar-refractivity contribution >= 4 is 16.8 Å². The molecule has 1 aliphatic carbocycles. The van der Waals surface area contributed by atoms with E-state index in [1.54, 1.807) is 0 Å². The van der Waals surface area contributed by atoms with Gasteiger partial charge in [-0.15, -0.1) is 0 Å². The molecule has 1 aromatic carbocycles. The number of fused-ring (bicyclic) bond motifs is 2. The summed E-state index contributed by atoms with van der Waals surface area (Å²) in [5, 5.41) is 4.37. The normalized spacial score (nSPS) is 14.8. The fourth-order valence-electron chi connectivity index (χ4n) is 3.05. The molecule has 3 aromatic rings. The van der Waals surface area contributed by atoms with Crippen LogP contribution in [-0.2, 0) is 12.8 Å². The van der Waals surface area contributed by atoms with Gasteiger partial charge in [0.15, 0.2) is 0 Å². The molecule has 0 aliphatic heterocycles. The van der Waals surface area contributed by atoms with Gasteiger partial charge in [0.05, 0.1) is 5.71 Å². The van der Waals surface area contributed by atoms with Gasteiger partial charge in [-0.2, -0.15) is 4.98 Å². The smallest absolute Gasteiger partial charge is 0.337 e. The van der Waals surface area contributed by atoms with Gasteiger partial charge >= 0.3 is 11.6 Å². The molecule has 4 rings (SSSR count). The molecule has 0 bridgehead atoms. The van der Waals surface area contributed by atoms with Crippen molar-refractivity contribution in [3.05, 3.63) is 67.8 Å². The fraction of sp³-hybridized carbons (Fsp3) is 0.222. The Bertz CT molecular complexity index is 1110. The van der Waals surface area contributed by atoms with E-state index in [9.17, 15) is 9.59 Å². The summed E-state index contributed by atoms with van der Waals surface area (Å²) in [4.78, 5) is 35.8. The predicted molar refractivity (Wildman–Crippen MR) is 92.2 cm³/mol. The first-order valence-corrected chi connectivity index (χ1v) is 8.05. The van der Waals surface area contributed by atoms with Crippen LogP contribution in [0.5, 0.6) is 6.01 Å². The summed E-state index contributed by atoms with van der Waals surface area (Å²) in [6.07, 6.45) is 2.17. The van der Waals surface area contributed by atoms with Gasteiger partial charge in [-0.25, -0.2) is 4.79 Å². The first-order chi connectivity index (χ1) is 12.2. The molecular weight excluding hydrogens is 322 g/mol. The third-order valence-electron chi connectivity index (χ3n) is 4.26. The summed E-state index contributed by atoms with van der Waals surface area (Å²) in [6.45, 7) is 1.85. The van der Waals surface area contributed by atoms with Gasteiger partial charge < -0.3 is 9.25 Å². The Morgan fingerprint density at radius 1 is 1.28 bits per heavy atom. The summed E-state index contributed by atoms with van der Waals surface area (Å²) in [7, 11) is 0. The Labute approximate surface area is 142 Å². The van der Waals surface area contributed by atoms with E-state index in [2.05, 4.69) is 21.2 Å². The number of nitrogens with one attached hydrogen (secondary N) is 1. The number of aryl methyl sites for hydroxylation is 2. The van der Waals surface area contributed by atoms with Crippen molar-refractivity contribution in [3.8, 4) is 6.01 Å². The Kier molecular flexibility index (Phi) is 3.68. The minimum atomic E-state index is -0.551. The molecule has 0 fully saturated rings.